The lowest BCUT2D eigenvalue weighted by Gasteiger charge is -2.28. The molecule has 166 valence electrons. The Balaban J connectivity index is 1.53. The van der Waals surface area contributed by atoms with Gasteiger partial charge in [0.05, 0.1) is 12.6 Å². The lowest BCUT2D eigenvalue weighted by atomic mass is 10.0. The molecule has 0 aliphatic carbocycles. The third kappa shape index (κ3) is 4.33. The number of anilines is 1. The number of carbonyl (C=O) groups is 2. The predicted octanol–water partition coefficient (Wildman–Crippen LogP) is 1.23. The molecular weight excluding hydrogens is 412 g/mol. The van der Waals surface area contributed by atoms with Crippen LogP contribution >= 0.6 is 0 Å². The number of aliphatic hydroxyl groups excluding tert-OH is 1. The molecule has 0 saturated heterocycles. The van der Waals surface area contributed by atoms with E-state index in [0.29, 0.717) is 36.8 Å². The minimum absolute atomic E-state index is 0.0948. The SMILES string of the molecule is CCC(=O)N1CCc2cnc(C(=O)Nc3cccc(-c4nnnn4[C@H](C)CO)n3)cc2C1. The van der Waals surface area contributed by atoms with E-state index in [1.165, 1.54) is 4.68 Å². The Morgan fingerprint density at radius 3 is 2.91 bits per heavy atom. The quantitative estimate of drug-likeness (QED) is 0.588. The highest BCUT2D eigenvalue weighted by Gasteiger charge is 2.22. The second-order valence-corrected chi connectivity index (χ2v) is 7.60. The maximum atomic E-state index is 12.8. The third-order valence-electron chi connectivity index (χ3n) is 5.38. The summed E-state index contributed by atoms with van der Waals surface area (Å²) in [6, 6.07) is 6.52. The Labute approximate surface area is 184 Å². The van der Waals surface area contributed by atoms with E-state index >= 15 is 0 Å². The first kappa shape index (κ1) is 21.5. The maximum Gasteiger partial charge on any atom is 0.275 e. The zero-order chi connectivity index (χ0) is 22.7. The van der Waals surface area contributed by atoms with E-state index in [1.807, 2.05) is 6.92 Å². The summed E-state index contributed by atoms with van der Waals surface area (Å²) in [5.41, 5.74) is 2.68. The molecule has 4 rings (SSSR count). The molecule has 32 heavy (non-hydrogen) atoms. The summed E-state index contributed by atoms with van der Waals surface area (Å²) in [7, 11) is 0. The summed E-state index contributed by atoms with van der Waals surface area (Å²) < 4.78 is 1.47. The first-order chi connectivity index (χ1) is 15.5. The van der Waals surface area contributed by atoms with Crippen LogP contribution in [-0.4, -0.2) is 65.1 Å². The monoisotopic (exact) mass is 436 g/mol. The topological polar surface area (TPSA) is 139 Å². The molecular formula is C21H24N8O3. The van der Waals surface area contributed by atoms with Crippen molar-refractivity contribution in [2.45, 2.75) is 39.3 Å². The number of rotatable bonds is 6. The number of aliphatic hydroxyl groups is 1. The van der Waals surface area contributed by atoms with Gasteiger partial charge in [-0.3, -0.25) is 14.6 Å². The van der Waals surface area contributed by atoms with Crippen LogP contribution in [0.4, 0.5) is 5.82 Å². The van der Waals surface area contributed by atoms with Crippen LogP contribution in [0, 0.1) is 0 Å². The van der Waals surface area contributed by atoms with Gasteiger partial charge in [0.15, 0.2) is 0 Å². The van der Waals surface area contributed by atoms with Gasteiger partial charge in [0.2, 0.25) is 11.7 Å². The highest BCUT2D eigenvalue weighted by molar-refractivity contribution is 6.02. The van der Waals surface area contributed by atoms with E-state index < -0.39 is 5.91 Å². The van der Waals surface area contributed by atoms with Crippen molar-refractivity contribution in [2.24, 2.45) is 0 Å². The molecule has 3 aromatic heterocycles. The van der Waals surface area contributed by atoms with Gasteiger partial charge in [-0.05, 0) is 53.1 Å². The Morgan fingerprint density at radius 2 is 2.12 bits per heavy atom. The van der Waals surface area contributed by atoms with Crippen molar-refractivity contribution in [2.75, 3.05) is 18.5 Å². The van der Waals surface area contributed by atoms with Crippen molar-refractivity contribution < 1.29 is 14.7 Å². The Morgan fingerprint density at radius 1 is 1.28 bits per heavy atom. The summed E-state index contributed by atoms with van der Waals surface area (Å²) >= 11 is 0. The molecule has 0 aromatic carbocycles. The van der Waals surface area contributed by atoms with Crippen LogP contribution in [-0.2, 0) is 17.8 Å². The normalized spacial score (nSPS) is 14.0. The van der Waals surface area contributed by atoms with Crippen LogP contribution in [0.1, 0.15) is 47.9 Å². The van der Waals surface area contributed by atoms with Crippen LogP contribution in [0.5, 0.6) is 0 Å². The van der Waals surface area contributed by atoms with Crippen molar-refractivity contribution in [3.8, 4) is 11.5 Å². The van der Waals surface area contributed by atoms with Crippen molar-refractivity contribution in [3.05, 3.63) is 47.3 Å². The molecule has 1 atom stereocenters. The summed E-state index contributed by atoms with van der Waals surface area (Å²) in [6.45, 7) is 4.64. The van der Waals surface area contributed by atoms with Gasteiger partial charge in [-0.2, -0.15) is 0 Å². The molecule has 1 aliphatic rings. The lowest BCUT2D eigenvalue weighted by Crippen LogP contribution is -2.35. The summed E-state index contributed by atoms with van der Waals surface area (Å²) in [5, 5.41) is 23.7. The van der Waals surface area contributed by atoms with Crippen molar-refractivity contribution in [3.63, 3.8) is 0 Å². The largest absolute Gasteiger partial charge is 0.394 e. The average Bonchev–Trinajstić information content (AvgIpc) is 3.32. The molecule has 1 aliphatic heterocycles. The molecule has 0 saturated carbocycles. The molecule has 4 heterocycles. The van der Waals surface area contributed by atoms with E-state index in [1.54, 1.807) is 42.3 Å². The number of nitrogens with zero attached hydrogens (tertiary/aromatic N) is 7. The highest BCUT2D eigenvalue weighted by atomic mass is 16.3. The summed E-state index contributed by atoms with van der Waals surface area (Å²) in [6.07, 6.45) is 2.88. The van der Waals surface area contributed by atoms with E-state index in [4.69, 9.17) is 0 Å². The summed E-state index contributed by atoms with van der Waals surface area (Å²) in [4.78, 5) is 35.4. The number of amides is 2. The third-order valence-corrected chi connectivity index (χ3v) is 5.38. The zero-order valence-electron chi connectivity index (χ0n) is 17.9. The van der Waals surface area contributed by atoms with Crippen molar-refractivity contribution in [1.29, 1.82) is 0 Å². The van der Waals surface area contributed by atoms with Gasteiger partial charge in [0.1, 0.15) is 17.2 Å². The van der Waals surface area contributed by atoms with Crippen LogP contribution < -0.4 is 5.32 Å². The Bertz CT molecular complexity index is 1150. The number of fused-ring (bicyclic) bond motifs is 1. The zero-order valence-corrected chi connectivity index (χ0v) is 17.9. The second kappa shape index (κ2) is 9.18. The molecule has 11 heteroatoms. The number of nitrogens with one attached hydrogen (secondary N) is 1. The van der Waals surface area contributed by atoms with Crippen LogP contribution in [0.25, 0.3) is 11.5 Å². The molecule has 0 fully saturated rings. The molecule has 0 spiro atoms. The molecule has 0 unspecified atom stereocenters. The van der Waals surface area contributed by atoms with Gasteiger partial charge >= 0.3 is 0 Å². The number of hydrogen-bond donors (Lipinski definition) is 2. The van der Waals surface area contributed by atoms with E-state index in [0.717, 1.165) is 17.5 Å². The maximum absolute atomic E-state index is 12.8. The lowest BCUT2D eigenvalue weighted by molar-refractivity contribution is -0.131. The number of tetrazole rings is 1. The fourth-order valence-electron chi connectivity index (χ4n) is 3.54. The minimum atomic E-state index is -0.403. The van der Waals surface area contributed by atoms with Gasteiger partial charge in [0, 0.05) is 25.7 Å². The number of aromatic nitrogens is 6. The number of hydrogen-bond acceptors (Lipinski definition) is 8. The Kier molecular flexibility index (Phi) is 6.17. The van der Waals surface area contributed by atoms with Crippen molar-refractivity contribution in [1.82, 2.24) is 35.1 Å². The predicted molar refractivity (Wildman–Crippen MR) is 114 cm³/mol. The minimum Gasteiger partial charge on any atom is -0.394 e. The Hall–Kier alpha value is -3.73. The van der Waals surface area contributed by atoms with Gasteiger partial charge < -0.3 is 15.3 Å². The molecule has 2 N–H and O–H groups in total. The van der Waals surface area contributed by atoms with Gasteiger partial charge in [-0.15, -0.1) is 5.10 Å². The van der Waals surface area contributed by atoms with Gasteiger partial charge in [0.25, 0.3) is 5.91 Å². The van der Waals surface area contributed by atoms with E-state index in [9.17, 15) is 14.7 Å². The number of carbonyl (C=O) groups excluding carboxylic acids is 2. The van der Waals surface area contributed by atoms with Crippen LogP contribution in [0.3, 0.4) is 0 Å². The van der Waals surface area contributed by atoms with Crippen LogP contribution in [0.2, 0.25) is 0 Å². The van der Waals surface area contributed by atoms with E-state index in [-0.39, 0.29) is 24.2 Å². The molecule has 2 amide bonds. The molecule has 0 radical (unpaired) electrons. The van der Waals surface area contributed by atoms with Crippen LogP contribution in [0.15, 0.2) is 30.5 Å². The molecule has 3 aromatic rings. The summed E-state index contributed by atoms with van der Waals surface area (Å²) in [5.74, 6) is 0.397. The van der Waals surface area contributed by atoms with Gasteiger partial charge in [-0.1, -0.05) is 13.0 Å². The first-order valence-electron chi connectivity index (χ1n) is 10.4. The fourth-order valence-corrected chi connectivity index (χ4v) is 3.54. The molecule has 11 nitrogen and oxygen atoms in total. The highest BCUT2D eigenvalue weighted by Crippen LogP contribution is 2.21. The van der Waals surface area contributed by atoms with Crippen molar-refractivity contribution >= 4 is 17.6 Å². The van der Waals surface area contributed by atoms with Gasteiger partial charge in [-0.25, -0.2) is 9.67 Å². The first-order valence-corrected chi connectivity index (χ1v) is 10.4. The smallest absolute Gasteiger partial charge is 0.275 e. The van der Waals surface area contributed by atoms with E-state index in [2.05, 4.69) is 30.8 Å². The number of pyridine rings is 2. The average molecular weight is 436 g/mol. The second-order valence-electron chi connectivity index (χ2n) is 7.60. The standard InChI is InChI=1S/C21H24N8O3/c1-3-19(31)28-8-7-14-10-22-17(9-15(14)11-28)21(32)24-18-6-4-5-16(23-18)20-25-26-27-29(20)13(2)12-30/h4-6,9-10,13,30H,3,7-8,11-12H2,1-2H3,(H,23,24,32)/t13-/m1/s1. The molecule has 0 bridgehead atoms. The fraction of sp³-hybridized carbons (Fsp3) is 0.381.